The summed E-state index contributed by atoms with van der Waals surface area (Å²) in [4.78, 5) is 0. The lowest BCUT2D eigenvalue weighted by atomic mass is 10.0. The molecule has 1 fully saturated rings. The lowest BCUT2D eigenvalue weighted by molar-refractivity contribution is 0.0154. The molecule has 1 aromatic rings. The van der Waals surface area contributed by atoms with Crippen LogP contribution in [0.2, 0.25) is 0 Å². The van der Waals surface area contributed by atoms with Gasteiger partial charge in [-0.25, -0.2) is 0 Å². The topological polar surface area (TPSA) is 43.6 Å². The lowest BCUT2D eigenvalue weighted by Gasteiger charge is -2.21. The molecule has 1 N–H and O–H groups in total. The van der Waals surface area contributed by atoms with Crippen LogP contribution in [0.4, 0.5) is 0 Å². The maximum absolute atomic E-state index is 5.84. The maximum Gasteiger partial charge on any atom is 0.123 e. The summed E-state index contributed by atoms with van der Waals surface area (Å²) < 4.78 is 16.7. The normalized spacial score (nSPS) is 16.9. The maximum atomic E-state index is 5.84. The minimum atomic E-state index is 0.645. The molecule has 4 nitrogen and oxygen atoms in total. The molecule has 0 amide bonds. The Morgan fingerprint density at radius 2 is 2.15 bits per heavy atom. The van der Waals surface area contributed by atoms with E-state index in [-0.39, 0.29) is 0 Å². The van der Waals surface area contributed by atoms with Gasteiger partial charge in [0.1, 0.15) is 5.76 Å². The Bertz CT molecular complexity index is 370. The zero-order valence-electron chi connectivity index (χ0n) is 12.7. The zero-order chi connectivity index (χ0) is 14.2. The number of furan rings is 1. The molecule has 0 spiro atoms. The Labute approximate surface area is 121 Å². The summed E-state index contributed by atoms with van der Waals surface area (Å²) >= 11 is 0. The summed E-state index contributed by atoms with van der Waals surface area (Å²) in [5.74, 6) is 2.30. The van der Waals surface area contributed by atoms with Crippen molar-refractivity contribution in [2.75, 3.05) is 26.4 Å². The van der Waals surface area contributed by atoms with Crippen LogP contribution in [0, 0.1) is 11.8 Å². The fraction of sp³-hybridized carbons (Fsp3) is 0.750. The standard InChI is InChI=1S/C16H27NO3/c1-13(2)9-17-10-16-15(5-8-20-16)12-19-11-14-3-6-18-7-4-14/h5,8,13-14,17H,3-4,6-7,9-12H2,1-2H3. The van der Waals surface area contributed by atoms with Crippen LogP contribution in [0.5, 0.6) is 0 Å². The van der Waals surface area contributed by atoms with Gasteiger partial charge < -0.3 is 19.2 Å². The predicted octanol–water partition coefficient (Wildman–Crippen LogP) is 2.97. The van der Waals surface area contributed by atoms with Crippen molar-refractivity contribution in [3.8, 4) is 0 Å². The molecule has 1 aliphatic rings. The van der Waals surface area contributed by atoms with Gasteiger partial charge in [-0.05, 0) is 37.3 Å². The molecule has 20 heavy (non-hydrogen) atoms. The fourth-order valence-corrected chi connectivity index (χ4v) is 2.37. The van der Waals surface area contributed by atoms with Gasteiger partial charge in [0.2, 0.25) is 0 Å². The van der Waals surface area contributed by atoms with Gasteiger partial charge in [-0.3, -0.25) is 0 Å². The minimum absolute atomic E-state index is 0.645. The first-order valence-electron chi connectivity index (χ1n) is 7.67. The van der Waals surface area contributed by atoms with Crippen LogP contribution >= 0.6 is 0 Å². The van der Waals surface area contributed by atoms with E-state index in [1.54, 1.807) is 6.26 Å². The van der Waals surface area contributed by atoms with Crippen molar-refractivity contribution in [1.82, 2.24) is 5.32 Å². The molecule has 0 unspecified atom stereocenters. The first-order chi connectivity index (χ1) is 9.75. The highest BCUT2D eigenvalue weighted by molar-refractivity contribution is 5.15. The summed E-state index contributed by atoms with van der Waals surface area (Å²) in [6.07, 6.45) is 3.99. The van der Waals surface area contributed by atoms with Crippen molar-refractivity contribution in [1.29, 1.82) is 0 Å². The molecule has 0 bridgehead atoms. The number of ether oxygens (including phenoxy) is 2. The molecule has 0 aliphatic carbocycles. The van der Waals surface area contributed by atoms with Crippen LogP contribution in [-0.2, 0) is 22.6 Å². The largest absolute Gasteiger partial charge is 0.468 e. The summed E-state index contributed by atoms with van der Waals surface area (Å²) in [6, 6.07) is 2.01. The van der Waals surface area contributed by atoms with E-state index in [4.69, 9.17) is 13.9 Å². The van der Waals surface area contributed by atoms with E-state index in [0.717, 1.165) is 57.1 Å². The van der Waals surface area contributed by atoms with Gasteiger partial charge >= 0.3 is 0 Å². The van der Waals surface area contributed by atoms with Crippen molar-refractivity contribution < 1.29 is 13.9 Å². The van der Waals surface area contributed by atoms with Gasteiger partial charge in [-0.2, -0.15) is 0 Å². The van der Waals surface area contributed by atoms with Gasteiger partial charge in [-0.1, -0.05) is 13.8 Å². The zero-order valence-corrected chi connectivity index (χ0v) is 12.7. The van der Waals surface area contributed by atoms with Crippen LogP contribution < -0.4 is 5.32 Å². The highest BCUT2D eigenvalue weighted by atomic mass is 16.5. The third-order valence-electron chi connectivity index (χ3n) is 3.63. The lowest BCUT2D eigenvalue weighted by Crippen LogP contribution is -2.21. The molecule has 4 heteroatoms. The Kier molecular flexibility index (Phi) is 6.57. The molecule has 0 radical (unpaired) electrons. The van der Waals surface area contributed by atoms with Gasteiger partial charge in [0.05, 0.1) is 26.0 Å². The first kappa shape index (κ1) is 15.5. The molecule has 1 saturated heterocycles. The molecule has 1 aliphatic heterocycles. The van der Waals surface area contributed by atoms with Gasteiger partial charge in [0.25, 0.3) is 0 Å². The number of rotatable bonds is 8. The average Bonchev–Trinajstić information content (AvgIpc) is 2.87. The fourth-order valence-electron chi connectivity index (χ4n) is 2.37. The number of hydrogen-bond donors (Lipinski definition) is 1. The Hall–Kier alpha value is -0.840. The molecule has 2 heterocycles. The Morgan fingerprint density at radius 3 is 2.90 bits per heavy atom. The molecular weight excluding hydrogens is 254 g/mol. The third-order valence-corrected chi connectivity index (χ3v) is 3.63. The van der Waals surface area contributed by atoms with E-state index in [0.29, 0.717) is 18.4 Å². The molecule has 1 aromatic heterocycles. The van der Waals surface area contributed by atoms with Gasteiger partial charge in [-0.15, -0.1) is 0 Å². The van der Waals surface area contributed by atoms with Crippen molar-refractivity contribution in [3.05, 3.63) is 23.7 Å². The van der Waals surface area contributed by atoms with E-state index in [2.05, 4.69) is 19.2 Å². The van der Waals surface area contributed by atoms with Crippen LogP contribution in [-0.4, -0.2) is 26.4 Å². The molecular formula is C16H27NO3. The van der Waals surface area contributed by atoms with E-state index in [1.807, 2.05) is 6.07 Å². The predicted molar refractivity (Wildman–Crippen MR) is 78.5 cm³/mol. The van der Waals surface area contributed by atoms with E-state index < -0.39 is 0 Å². The first-order valence-corrected chi connectivity index (χ1v) is 7.67. The molecule has 2 rings (SSSR count). The summed E-state index contributed by atoms with van der Waals surface area (Å²) in [6.45, 7) is 9.42. The molecule has 0 aromatic carbocycles. The summed E-state index contributed by atoms with van der Waals surface area (Å²) in [7, 11) is 0. The minimum Gasteiger partial charge on any atom is -0.468 e. The van der Waals surface area contributed by atoms with Crippen molar-refractivity contribution in [2.45, 2.75) is 39.8 Å². The SMILES string of the molecule is CC(C)CNCc1occc1COCC1CCOCC1. The summed E-state index contributed by atoms with van der Waals surface area (Å²) in [5, 5.41) is 3.40. The monoisotopic (exact) mass is 281 g/mol. The molecule has 114 valence electrons. The second-order valence-corrected chi connectivity index (χ2v) is 5.96. The Balaban J connectivity index is 1.68. The quantitative estimate of drug-likeness (QED) is 0.795. The van der Waals surface area contributed by atoms with E-state index in [1.165, 1.54) is 0 Å². The molecule has 0 atom stereocenters. The third kappa shape index (κ3) is 5.27. The average molecular weight is 281 g/mol. The van der Waals surface area contributed by atoms with Crippen molar-refractivity contribution in [3.63, 3.8) is 0 Å². The molecule has 0 saturated carbocycles. The van der Waals surface area contributed by atoms with Crippen LogP contribution in [0.15, 0.2) is 16.7 Å². The van der Waals surface area contributed by atoms with Crippen LogP contribution in [0.25, 0.3) is 0 Å². The van der Waals surface area contributed by atoms with E-state index >= 15 is 0 Å². The highest BCUT2D eigenvalue weighted by Crippen LogP contribution is 2.17. The second kappa shape index (κ2) is 8.45. The van der Waals surface area contributed by atoms with Gasteiger partial charge in [0, 0.05) is 18.8 Å². The second-order valence-electron chi connectivity index (χ2n) is 5.96. The number of nitrogens with one attached hydrogen (secondary N) is 1. The van der Waals surface area contributed by atoms with Crippen LogP contribution in [0.1, 0.15) is 38.0 Å². The Morgan fingerprint density at radius 1 is 1.35 bits per heavy atom. The van der Waals surface area contributed by atoms with E-state index in [9.17, 15) is 0 Å². The van der Waals surface area contributed by atoms with Gasteiger partial charge in [0.15, 0.2) is 0 Å². The number of hydrogen-bond acceptors (Lipinski definition) is 4. The smallest absolute Gasteiger partial charge is 0.123 e. The highest BCUT2D eigenvalue weighted by Gasteiger charge is 2.14. The summed E-state index contributed by atoms with van der Waals surface area (Å²) in [5.41, 5.74) is 1.16. The van der Waals surface area contributed by atoms with Crippen molar-refractivity contribution in [2.24, 2.45) is 11.8 Å². The van der Waals surface area contributed by atoms with Crippen LogP contribution in [0.3, 0.4) is 0 Å². The van der Waals surface area contributed by atoms with Crippen molar-refractivity contribution >= 4 is 0 Å².